The summed E-state index contributed by atoms with van der Waals surface area (Å²) in [4.78, 5) is 28.6. The number of amides is 2. The second-order valence-corrected chi connectivity index (χ2v) is 6.04. The van der Waals surface area contributed by atoms with E-state index in [0.717, 1.165) is 16.5 Å². The fraction of sp³-hybridized carbons (Fsp3) is 0.143. The molecule has 0 saturated carbocycles. The normalized spacial score (nSPS) is 10.1. The molecule has 0 aliphatic carbocycles. The van der Waals surface area contributed by atoms with E-state index in [1.165, 1.54) is 4.90 Å². The first-order chi connectivity index (χ1) is 12.5. The average Bonchev–Trinajstić information content (AvgIpc) is 3.12. The van der Waals surface area contributed by atoms with E-state index in [9.17, 15) is 9.59 Å². The quantitative estimate of drug-likeness (QED) is 0.717. The lowest BCUT2D eigenvalue weighted by Gasteiger charge is -2.09. The summed E-state index contributed by atoms with van der Waals surface area (Å²) < 4.78 is 0. The molecular formula is C21H19N3O2. The van der Waals surface area contributed by atoms with Gasteiger partial charge in [-0.2, -0.15) is 0 Å². The zero-order valence-electron chi connectivity index (χ0n) is 14.7. The van der Waals surface area contributed by atoms with Crippen molar-refractivity contribution in [1.29, 1.82) is 0 Å². The maximum atomic E-state index is 12.2. The molecule has 2 aromatic carbocycles. The Morgan fingerprint density at radius 2 is 1.77 bits per heavy atom. The van der Waals surface area contributed by atoms with Crippen LogP contribution in [0.15, 0.2) is 54.7 Å². The molecule has 5 nitrogen and oxygen atoms in total. The molecule has 0 aliphatic rings. The van der Waals surface area contributed by atoms with Crippen molar-refractivity contribution < 1.29 is 9.59 Å². The number of benzene rings is 2. The summed E-state index contributed by atoms with van der Waals surface area (Å²) in [7, 11) is 3.43. The number of fused-ring (bicyclic) bond motifs is 1. The minimum Gasteiger partial charge on any atom is -0.361 e. The van der Waals surface area contributed by atoms with Crippen LogP contribution in [0.1, 0.15) is 26.3 Å². The topological polar surface area (TPSA) is 65.2 Å². The largest absolute Gasteiger partial charge is 0.361 e. The van der Waals surface area contributed by atoms with Gasteiger partial charge in [0, 0.05) is 47.9 Å². The predicted molar refractivity (Wildman–Crippen MR) is 102 cm³/mol. The van der Waals surface area contributed by atoms with Crippen LogP contribution in [0, 0.1) is 11.8 Å². The standard InChI is InChI=1S/C21H19N3O2/c1-24(2)21(26)16-7-5-15(6-8-16)4-3-12-23-20(25)18-9-10-19-17(14-18)11-13-22-19/h5-11,13-14,22H,12H2,1-2H3,(H,23,25). The van der Waals surface area contributed by atoms with Crippen molar-refractivity contribution in [3.05, 3.63) is 71.4 Å². The first-order valence-corrected chi connectivity index (χ1v) is 8.20. The van der Waals surface area contributed by atoms with Crippen LogP contribution in [0.3, 0.4) is 0 Å². The third-order valence-electron chi connectivity index (χ3n) is 3.92. The second-order valence-electron chi connectivity index (χ2n) is 6.04. The number of rotatable bonds is 3. The third kappa shape index (κ3) is 3.93. The Morgan fingerprint density at radius 1 is 1.04 bits per heavy atom. The lowest BCUT2D eigenvalue weighted by molar-refractivity contribution is 0.0827. The van der Waals surface area contributed by atoms with Gasteiger partial charge < -0.3 is 15.2 Å². The Labute approximate surface area is 152 Å². The van der Waals surface area contributed by atoms with Crippen molar-refractivity contribution in [2.75, 3.05) is 20.6 Å². The van der Waals surface area contributed by atoms with Crippen LogP contribution in [0.4, 0.5) is 0 Å². The average molecular weight is 345 g/mol. The Bertz CT molecular complexity index is 1000. The molecule has 0 saturated heterocycles. The van der Waals surface area contributed by atoms with Gasteiger partial charge in [0.2, 0.25) is 0 Å². The van der Waals surface area contributed by atoms with Gasteiger partial charge >= 0.3 is 0 Å². The molecule has 0 fully saturated rings. The van der Waals surface area contributed by atoms with E-state index < -0.39 is 0 Å². The first kappa shape index (κ1) is 17.3. The summed E-state index contributed by atoms with van der Waals surface area (Å²) >= 11 is 0. The molecule has 3 aromatic rings. The summed E-state index contributed by atoms with van der Waals surface area (Å²) in [5.41, 5.74) is 3.01. The Balaban J connectivity index is 1.58. The summed E-state index contributed by atoms with van der Waals surface area (Å²) in [5, 5.41) is 3.78. The van der Waals surface area contributed by atoms with E-state index in [1.54, 1.807) is 44.4 Å². The molecule has 2 amide bonds. The number of aromatic nitrogens is 1. The smallest absolute Gasteiger partial charge is 0.253 e. The zero-order valence-corrected chi connectivity index (χ0v) is 14.7. The molecular weight excluding hydrogens is 326 g/mol. The third-order valence-corrected chi connectivity index (χ3v) is 3.92. The van der Waals surface area contributed by atoms with Gasteiger partial charge in [-0.1, -0.05) is 11.8 Å². The van der Waals surface area contributed by atoms with Crippen LogP contribution >= 0.6 is 0 Å². The van der Waals surface area contributed by atoms with Gasteiger partial charge in [-0.15, -0.1) is 0 Å². The Morgan fingerprint density at radius 3 is 2.50 bits per heavy atom. The number of carbonyl (C=O) groups excluding carboxylic acids is 2. The number of hydrogen-bond acceptors (Lipinski definition) is 2. The van der Waals surface area contributed by atoms with Crippen LogP contribution < -0.4 is 5.32 Å². The van der Waals surface area contributed by atoms with Gasteiger partial charge in [-0.05, 0) is 48.5 Å². The zero-order chi connectivity index (χ0) is 18.5. The van der Waals surface area contributed by atoms with Gasteiger partial charge in [0.25, 0.3) is 11.8 Å². The molecule has 0 bridgehead atoms. The number of carbonyl (C=O) groups is 2. The maximum absolute atomic E-state index is 12.2. The minimum absolute atomic E-state index is 0.0452. The SMILES string of the molecule is CN(C)C(=O)c1ccc(C#CCNC(=O)c2ccc3[nH]ccc3c2)cc1. The van der Waals surface area contributed by atoms with E-state index in [2.05, 4.69) is 22.1 Å². The molecule has 0 aliphatic heterocycles. The van der Waals surface area contributed by atoms with E-state index in [4.69, 9.17) is 0 Å². The molecule has 0 atom stereocenters. The highest BCUT2D eigenvalue weighted by molar-refractivity contribution is 5.98. The first-order valence-electron chi connectivity index (χ1n) is 8.20. The van der Waals surface area contributed by atoms with Gasteiger partial charge in [0.05, 0.1) is 6.54 Å². The van der Waals surface area contributed by atoms with Gasteiger partial charge in [-0.3, -0.25) is 9.59 Å². The summed E-state index contributed by atoms with van der Waals surface area (Å²) in [5.74, 6) is 5.70. The number of aromatic amines is 1. The summed E-state index contributed by atoms with van der Waals surface area (Å²) in [6.07, 6.45) is 1.84. The van der Waals surface area contributed by atoms with Gasteiger partial charge in [0.15, 0.2) is 0 Å². The lowest BCUT2D eigenvalue weighted by atomic mass is 10.1. The van der Waals surface area contributed by atoms with Crippen molar-refractivity contribution in [1.82, 2.24) is 15.2 Å². The lowest BCUT2D eigenvalue weighted by Crippen LogP contribution is -2.23. The Hall–Kier alpha value is -3.52. The number of nitrogens with zero attached hydrogens (tertiary/aromatic N) is 1. The molecule has 0 radical (unpaired) electrons. The van der Waals surface area contributed by atoms with Crippen LogP contribution in [-0.4, -0.2) is 42.3 Å². The fourth-order valence-electron chi connectivity index (χ4n) is 2.52. The number of H-pyrrole nitrogens is 1. The van der Waals surface area contributed by atoms with Crippen molar-refractivity contribution in [2.24, 2.45) is 0 Å². The molecule has 0 spiro atoms. The number of nitrogens with one attached hydrogen (secondary N) is 2. The van der Waals surface area contributed by atoms with Crippen molar-refractivity contribution in [3.63, 3.8) is 0 Å². The highest BCUT2D eigenvalue weighted by Crippen LogP contribution is 2.14. The summed E-state index contributed by atoms with van der Waals surface area (Å²) in [6.45, 7) is 0.252. The summed E-state index contributed by atoms with van der Waals surface area (Å²) in [6, 6.07) is 14.5. The van der Waals surface area contributed by atoms with Crippen LogP contribution in [-0.2, 0) is 0 Å². The molecule has 130 valence electrons. The second kappa shape index (κ2) is 7.58. The monoisotopic (exact) mass is 345 g/mol. The van der Waals surface area contributed by atoms with E-state index in [-0.39, 0.29) is 18.4 Å². The predicted octanol–water partition coefficient (Wildman–Crippen LogP) is 2.65. The Kier molecular flexibility index (Phi) is 5.04. The molecule has 3 rings (SSSR count). The van der Waals surface area contributed by atoms with E-state index in [0.29, 0.717) is 11.1 Å². The van der Waals surface area contributed by atoms with Crippen LogP contribution in [0.25, 0.3) is 10.9 Å². The van der Waals surface area contributed by atoms with Crippen LogP contribution in [0.2, 0.25) is 0 Å². The molecule has 0 unspecified atom stereocenters. The molecule has 26 heavy (non-hydrogen) atoms. The van der Waals surface area contributed by atoms with Gasteiger partial charge in [0.1, 0.15) is 0 Å². The highest BCUT2D eigenvalue weighted by atomic mass is 16.2. The van der Waals surface area contributed by atoms with Crippen molar-refractivity contribution >= 4 is 22.7 Å². The molecule has 1 aromatic heterocycles. The van der Waals surface area contributed by atoms with E-state index in [1.807, 2.05) is 24.4 Å². The fourth-order valence-corrected chi connectivity index (χ4v) is 2.52. The molecule has 2 N–H and O–H groups in total. The molecule has 1 heterocycles. The molecule has 5 heteroatoms. The van der Waals surface area contributed by atoms with Crippen molar-refractivity contribution in [2.45, 2.75) is 0 Å². The maximum Gasteiger partial charge on any atom is 0.253 e. The van der Waals surface area contributed by atoms with Gasteiger partial charge in [-0.25, -0.2) is 0 Å². The van der Waals surface area contributed by atoms with Crippen molar-refractivity contribution in [3.8, 4) is 11.8 Å². The van der Waals surface area contributed by atoms with E-state index >= 15 is 0 Å². The number of hydrogen-bond donors (Lipinski definition) is 2. The van der Waals surface area contributed by atoms with Crippen LogP contribution in [0.5, 0.6) is 0 Å². The highest BCUT2D eigenvalue weighted by Gasteiger charge is 2.07. The minimum atomic E-state index is -0.158.